The van der Waals surface area contributed by atoms with Crippen LogP contribution in [0, 0.1) is 11.7 Å². The van der Waals surface area contributed by atoms with Crippen LogP contribution in [0.1, 0.15) is 23.2 Å². The Hall–Kier alpha value is -3.40. The van der Waals surface area contributed by atoms with Crippen LogP contribution in [-0.2, 0) is 4.79 Å². The highest BCUT2D eigenvalue weighted by Gasteiger charge is 2.25. The zero-order valence-electron chi connectivity index (χ0n) is 15.9. The van der Waals surface area contributed by atoms with Crippen LogP contribution >= 0.6 is 11.3 Å². The topological polar surface area (TPSA) is 100 Å². The van der Waals surface area contributed by atoms with Gasteiger partial charge < -0.3 is 10.2 Å². The van der Waals surface area contributed by atoms with Crippen LogP contribution < -0.4 is 15.5 Å². The zero-order chi connectivity index (χ0) is 20.9. The molecule has 0 saturated carbocycles. The van der Waals surface area contributed by atoms with Crippen LogP contribution in [0.25, 0.3) is 0 Å². The number of aromatic nitrogens is 3. The van der Waals surface area contributed by atoms with Crippen molar-refractivity contribution in [3.63, 3.8) is 0 Å². The largest absolute Gasteiger partial charge is 0.357 e. The van der Waals surface area contributed by atoms with Crippen molar-refractivity contribution in [2.45, 2.75) is 12.8 Å². The third kappa shape index (κ3) is 4.77. The number of pyridine rings is 1. The Kier molecular flexibility index (Phi) is 5.94. The van der Waals surface area contributed by atoms with Crippen molar-refractivity contribution in [1.82, 2.24) is 15.2 Å². The van der Waals surface area contributed by atoms with Gasteiger partial charge in [0.25, 0.3) is 5.91 Å². The summed E-state index contributed by atoms with van der Waals surface area (Å²) >= 11 is 1.24. The van der Waals surface area contributed by atoms with Gasteiger partial charge in [-0.3, -0.25) is 14.9 Å². The molecule has 4 rings (SSSR count). The van der Waals surface area contributed by atoms with Crippen molar-refractivity contribution in [3.05, 3.63) is 59.5 Å². The Balaban J connectivity index is 1.29. The molecule has 0 atom stereocenters. The van der Waals surface area contributed by atoms with Gasteiger partial charge >= 0.3 is 0 Å². The van der Waals surface area contributed by atoms with E-state index in [1.807, 2.05) is 0 Å². The van der Waals surface area contributed by atoms with Crippen molar-refractivity contribution < 1.29 is 14.0 Å². The average molecular weight is 426 g/mol. The highest BCUT2D eigenvalue weighted by Crippen LogP contribution is 2.23. The fourth-order valence-corrected chi connectivity index (χ4v) is 3.69. The highest BCUT2D eigenvalue weighted by molar-refractivity contribution is 7.13. The molecule has 2 amide bonds. The van der Waals surface area contributed by atoms with Crippen molar-refractivity contribution in [3.8, 4) is 0 Å². The Morgan fingerprint density at radius 3 is 2.47 bits per heavy atom. The summed E-state index contributed by atoms with van der Waals surface area (Å²) < 4.78 is 13.0. The van der Waals surface area contributed by atoms with E-state index in [0.717, 1.165) is 5.82 Å². The number of benzene rings is 1. The Morgan fingerprint density at radius 1 is 1.07 bits per heavy atom. The van der Waals surface area contributed by atoms with Gasteiger partial charge in [-0.15, -0.1) is 10.2 Å². The molecule has 0 bridgehead atoms. The lowest BCUT2D eigenvalue weighted by Crippen LogP contribution is -2.38. The van der Waals surface area contributed by atoms with Crippen LogP contribution in [0.3, 0.4) is 0 Å². The number of anilines is 3. The Labute approximate surface area is 176 Å². The quantitative estimate of drug-likeness (QED) is 0.650. The number of nitrogens with one attached hydrogen (secondary N) is 2. The summed E-state index contributed by atoms with van der Waals surface area (Å²) in [6, 6.07) is 9.26. The van der Waals surface area contributed by atoms with Gasteiger partial charge in [0.15, 0.2) is 0 Å². The molecule has 8 nitrogen and oxygen atoms in total. The normalized spacial score (nSPS) is 14.4. The summed E-state index contributed by atoms with van der Waals surface area (Å²) in [5, 5.41) is 13.4. The van der Waals surface area contributed by atoms with E-state index in [9.17, 15) is 14.0 Å². The molecule has 1 aliphatic heterocycles. The first-order valence-electron chi connectivity index (χ1n) is 9.43. The fraction of sp³-hybridized carbons (Fsp3) is 0.250. The first-order valence-corrected chi connectivity index (χ1v) is 10.3. The standard InChI is InChI=1S/C20H19FN6O2S/c21-15-2-4-16(5-3-15)24-18(28)13-7-9-27(10-8-13)17-6-1-14(11-22-17)19(29)25-20-26-23-12-30-20/h1-6,11-13H,7-10H2,(H,24,28)(H,25,26,29). The minimum atomic E-state index is -0.336. The van der Waals surface area contributed by atoms with E-state index in [4.69, 9.17) is 0 Å². The number of carbonyl (C=O) groups is 2. The molecule has 0 radical (unpaired) electrons. The van der Waals surface area contributed by atoms with Gasteiger partial charge in [-0.25, -0.2) is 9.37 Å². The van der Waals surface area contributed by atoms with Crippen LogP contribution in [0.5, 0.6) is 0 Å². The number of amides is 2. The lowest BCUT2D eigenvalue weighted by molar-refractivity contribution is -0.120. The summed E-state index contributed by atoms with van der Waals surface area (Å²) in [5.41, 5.74) is 2.57. The number of halogens is 1. The Bertz CT molecular complexity index is 1000. The van der Waals surface area contributed by atoms with Gasteiger partial charge in [0.2, 0.25) is 11.0 Å². The summed E-state index contributed by atoms with van der Waals surface area (Å²) in [5.74, 6) is -0.0273. The maximum Gasteiger partial charge on any atom is 0.259 e. The molecule has 1 saturated heterocycles. The lowest BCUT2D eigenvalue weighted by Gasteiger charge is -2.32. The summed E-state index contributed by atoms with van der Waals surface area (Å²) in [6.07, 6.45) is 2.90. The van der Waals surface area contributed by atoms with E-state index in [1.54, 1.807) is 29.8 Å². The van der Waals surface area contributed by atoms with Gasteiger partial charge in [-0.05, 0) is 49.2 Å². The second-order valence-electron chi connectivity index (χ2n) is 6.86. The smallest absolute Gasteiger partial charge is 0.259 e. The molecule has 154 valence electrons. The van der Waals surface area contributed by atoms with E-state index < -0.39 is 0 Å². The van der Waals surface area contributed by atoms with Crippen molar-refractivity contribution in [2.24, 2.45) is 5.92 Å². The monoisotopic (exact) mass is 426 g/mol. The van der Waals surface area contributed by atoms with Crippen molar-refractivity contribution in [1.29, 1.82) is 0 Å². The van der Waals surface area contributed by atoms with E-state index >= 15 is 0 Å². The van der Waals surface area contributed by atoms with E-state index in [-0.39, 0.29) is 23.5 Å². The lowest BCUT2D eigenvalue weighted by atomic mass is 9.95. The second kappa shape index (κ2) is 8.95. The molecular formula is C20H19FN6O2S. The van der Waals surface area contributed by atoms with Gasteiger partial charge in [0, 0.05) is 30.9 Å². The molecule has 3 heterocycles. The van der Waals surface area contributed by atoms with E-state index in [0.29, 0.717) is 42.3 Å². The average Bonchev–Trinajstić information content (AvgIpc) is 3.28. The van der Waals surface area contributed by atoms with Gasteiger partial charge in [-0.2, -0.15) is 0 Å². The Morgan fingerprint density at radius 2 is 1.83 bits per heavy atom. The summed E-state index contributed by atoms with van der Waals surface area (Å²) in [4.78, 5) is 31.1. The first kappa shape index (κ1) is 19.9. The van der Waals surface area contributed by atoms with E-state index in [2.05, 4.69) is 30.7 Å². The van der Waals surface area contributed by atoms with Crippen LogP contribution in [0.4, 0.5) is 21.0 Å². The maximum absolute atomic E-state index is 13.0. The number of rotatable bonds is 5. The molecule has 2 aromatic heterocycles. The molecule has 10 heteroatoms. The summed E-state index contributed by atoms with van der Waals surface area (Å²) in [7, 11) is 0. The van der Waals surface area contributed by atoms with Crippen LogP contribution in [0.15, 0.2) is 48.1 Å². The van der Waals surface area contributed by atoms with Gasteiger partial charge in [0.05, 0.1) is 5.56 Å². The molecule has 3 aromatic rings. The predicted octanol–water partition coefficient (Wildman–Crippen LogP) is 3.18. The minimum absolute atomic E-state index is 0.0575. The highest BCUT2D eigenvalue weighted by atomic mass is 32.1. The van der Waals surface area contributed by atoms with Crippen LogP contribution in [-0.4, -0.2) is 40.1 Å². The molecule has 0 spiro atoms. The molecule has 1 fully saturated rings. The molecule has 2 N–H and O–H groups in total. The molecule has 30 heavy (non-hydrogen) atoms. The second-order valence-corrected chi connectivity index (χ2v) is 7.69. The SMILES string of the molecule is O=C(Nc1nncs1)c1ccc(N2CCC(C(=O)Nc3ccc(F)cc3)CC2)nc1. The third-order valence-corrected chi connectivity index (χ3v) is 5.50. The third-order valence-electron chi connectivity index (χ3n) is 4.89. The number of nitrogens with zero attached hydrogens (tertiary/aromatic N) is 4. The molecule has 1 aliphatic rings. The molecular weight excluding hydrogens is 407 g/mol. The van der Waals surface area contributed by atoms with Crippen LogP contribution in [0.2, 0.25) is 0 Å². The number of hydrogen-bond donors (Lipinski definition) is 2. The van der Waals surface area contributed by atoms with Gasteiger partial charge in [0.1, 0.15) is 17.1 Å². The molecule has 0 aliphatic carbocycles. The zero-order valence-corrected chi connectivity index (χ0v) is 16.7. The van der Waals surface area contributed by atoms with Crippen molar-refractivity contribution in [2.75, 3.05) is 28.6 Å². The number of piperidine rings is 1. The van der Waals surface area contributed by atoms with Gasteiger partial charge in [-0.1, -0.05) is 11.3 Å². The molecule has 0 unspecified atom stereocenters. The number of hydrogen-bond acceptors (Lipinski definition) is 7. The number of carbonyl (C=O) groups excluding carboxylic acids is 2. The summed E-state index contributed by atoms with van der Waals surface area (Å²) in [6.45, 7) is 1.37. The van der Waals surface area contributed by atoms with Crippen molar-refractivity contribution >= 4 is 39.8 Å². The maximum atomic E-state index is 13.0. The first-order chi connectivity index (χ1) is 14.6. The molecule has 1 aromatic carbocycles. The predicted molar refractivity (Wildman–Crippen MR) is 112 cm³/mol. The fourth-order valence-electron chi connectivity index (χ4n) is 3.25. The minimum Gasteiger partial charge on any atom is -0.357 e. The van der Waals surface area contributed by atoms with E-state index in [1.165, 1.54) is 29.7 Å².